The van der Waals surface area contributed by atoms with Crippen molar-refractivity contribution in [3.63, 3.8) is 0 Å². The molecule has 5 N–H and O–H groups in total. The highest BCUT2D eigenvalue weighted by Gasteiger charge is 2.31. The number of methoxy groups -OCH3 is 1. The molecule has 0 saturated carbocycles. The van der Waals surface area contributed by atoms with E-state index >= 15 is 0 Å². The molecule has 7 heteroatoms. The van der Waals surface area contributed by atoms with Crippen LogP contribution in [0.1, 0.15) is 17.0 Å². The molecule has 1 heterocycles. The molecule has 3 rings (SSSR count). The number of ether oxygens (including phenoxy) is 2. The molecule has 1 atom stereocenters. The first kappa shape index (κ1) is 15.0. The maximum Gasteiger partial charge on any atom is 0.208 e. The van der Waals surface area contributed by atoms with Crippen LogP contribution in [0.15, 0.2) is 18.2 Å². The second-order valence-corrected chi connectivity index (χ2v) is 5.35. The first-order valence-corrected chi connectivity index (χ1v) is 6.92. The van der Waals surface area contributed by atoms with Gasteiger partial charge >= 0.3 is 0 Å². The lowest BCUT2D eigenvalue weighted by Gasteiger charge is -2.27. The van der Waals surface area contributed by atoms with Crippen molar-refractivity contribution in [3.8, 4) is 40.2 Å². The summed E-state index contributed by atoms with van der Waals surface area (Å²) in [5.74, 6) is -2.68. The molecule has 0 radical (unpaired) electrons. The molecule has 1 aliphatic heterocycles. The molecule has 2 aromatic rings. The van der Waals surface area contributed by atoms with E-state index in [0.717, 1.165) is 5.56 Å². The predicted molar refractivity (Wildman–Crippen MR) is 79.7 cm³/mol. The maximum atomic E-state index is 9.98. The summed E-state index contributed by atoms with van der Waals surface area (Å²) in [4.78, 5) is 0. The Labute approximate surface area is 131 Å². The van der Waals surface area contributed by atoms with Gasteiger partial charge in [-0.3, -0.25) is 0 Å². The van der Waals surface area contributed by atoms with Gasteiger partial charge < -0.3 is 35.0 Å². The molecule has 122 valence electrons. The molecule has 1 aliphatic rings. The minimum Gasteiger partial charge on any atom is -0.504 e. The van der Waals surface area contributed by atoms with Crippen molar-refractivity contribution in [3.05, 3.63) is 29.3 Å². The minimum absolute atomic E-state index is 0.0172. The Hall–Kier alpha value is -2.96. The molecular weight excluding hydrogens is 304 g/mol. The molecule has 2 aromatic carbocycles. The van der Waals surface area contributed by atoms with Gasteiger partial charge in [-0.25, -0.2) is 0 Å². The van der Waals surface area contributed by atoms with Crippen LogP contribution >= 0.6 is 0 Å². The Balaban J connectivity index is 1.99. The van der Waals surface area contributed by atoms with Crippen molar-refractivity contribution in [1.29, 1.82) is 0 Å². The van der Waals surface area contributed by atoms with Gasteiger partial charge in [0.2, 0.25) is 17.2 Å². The third kappa shape index (κ3) is 2.30. The van der Waals surface area contributed by atoms with Gasteiger partial charge in [-0.05, 0) is 24.1 Å². The van der Waals surface area contributed by atoms with Crippen molar-refractivity contribution in [1.82, 2.24) is 0 Å². The number of phenolic OH excluding ortho intramolecular Hbond substituents is 5. The molecule has 0 amide bonds. The van der Waals surface area contributed by atoms with E-state index in [9.17, 15) is 25.5 Å². The van der Waals surface area contributed by atoms with E-state index in [0.29, 0.717) is 5.75 Å². The Morgan fingerprint density at radius 2 is 1.70 bits per heavy atom. The van der Waals surface area contributed by atoms with Gasteiger partial charge in [-0.1, -0.05) is 6.07 Å². The van der Waals surface area contributed by atoms with Crippen molar-refractivity contribution in [2.75, 3.05) is 13.7 Å². The van der Waals surface area contributed by atoms with E-state index in [2.05, 4.69) is 0 Å². The van der Waals surface area contributed by atoms with Crippen molar-refractivity contribution >= 4 is 0 Å². The highest BCUT2D eigenvalue weighted by Crippen LogP contribution is 2.54. The summed E-state index contributed by atoms with van der Waals surface area (Å²) >= 11 is 0. The standard InChI is InChI=1S/C16H16O7/c1-22-11-3-2-7(5-10(11)17)8-4-9-12(18)13(19)14(20)15(21)16(9)23-6-8/h2-3,5,8,17-21H,4,6H2,1H3. The van der Waals surface area contributed by atoms with E-state index in [1.54, 1.807) is 12.1 Å². The number of phenols is 5. The first-order valence-electron chi connectivity index (χ1n) is 6.92. The second kappa shape index (κ2) is 5.35. The van der Waals surface area contributed by atoms with E-state index in [1.165, 1.54) is 13.2 Å². The van der Waals surface area contributed by atoms with Crippen LogP contribution in [0, 0.1) is 0 Å². The fourth-order valence-corrected chi connectivity index (χ4v) is 2.73. The molecule has 0 fully saturated rings. The predicted octanol–water partition coefficient (Wildman–Crippen LogP) is 1.94. The Bertz CT molecular complexity index is 770. The van der Waals surface area contributed by atoms with Crippen LogP contribution in [0.25, 0.3) is 0 Å². The number of benzene rings is 2. The van der Waals surface area contributed by atoms with Crippen LogP contribution in [0.5, 0.6) is 40.2 Å². The zero-order valence-electron chi connectivity index (χ0n) is 12.3. The van der Waals surface area contributed by atoms with Gasteiger partial charge in [0.05, 0.1) is 13.7 Å². The fourth-order valence-electron chi connectivity index (χ4n) is 2.73. The van der Waals surface area contributed by atoms with Crippen LogP contribution in [-0.2, 0) is 6.42 Å². The lowest BCUT2D eigenvalue weighted by molar-refractivity contribution is 0.237. The quantitative estimate of drug-likeness (QED) is 0.424. The molecule has 0 saturated heterocycles. The van der Waals surface area contributed by atoms with Crippen LogP contribution in [-0.4, -0.2) is 39.2 Å². The van der Waals surface area contributed by atoms with Gasteiger partial charge in [-0.2, -0.15) is 0 Å². The third-order valence-electron chi connectivity index (χ3n) is 4.00. The summed E-state index contributed by atoms with van der Waals surface area (Å²) in [5, 5.41) is 48.8. The monoisotopic (exact) mass is 320 g/mol. The maximum absolute atomic E-state index is 9.98. The Morgan fingerprint density at radius 1 is 1.00 bits per heavy atom. The highest BCUT2D eigenvalue weighted by molar-refractivity contribution is 5.68. The lowest BCUT2D eigenvalue weighted by atomic mass is 9.89. The van der Waals surface area contributed by atoms with Gasteiger partial charge in [0, 0.05) is 11.5 Å². The highest BCUT2D eigenvalue weighted by atomic mass is 16.5. The van der Waals surface area contributed by atoms with Crippen LogP contribution in [0.2, 0.25) is 0 Å². The summed E-state index contributed by atoms with van der Waals surface area (Å²) in [6.07, 6.45) is 0.258. The molecule has 0 aromatic heterocycles. The first-order chi connectivity index (χ1) is 10.9. The zero-order valence-corrected chi connectivity index (χ0v) is 12.3. The summed E-state index contributed by atoms with van der Waals surface area (Å²) in [6.45, 7) is 0.177. The van der Waals surface area contributed by atoms with Crippen LogP contribution in [0.4, 0.5) is 0 Å². The molecule has 0 bridgehead atoms. The Morgan fingerprint density at radius 3 is 2.35 bits per heavy atom. The van der Waals surface area contributed by atoms with Gasteiger partial charge in [-0.15, -0.1) is 0 Å². The fraction of sp³-hybridized carbons (Fsp3) is 0.250. The topological polar surface area (TPSA) is 120 Å². The van der Waals surface area contributed by atoms with E-state index in [-0.39, 0.29) is 36.0 Å². The molecule has 0 spiro atoms. The SMILES string of the molecule is COc1ccc(C2COc3c(O)c(O)c(O)c(O)c3C2)cc1O. The van der Waals surface area contributed by atoms with Gasteiger partial charge in [0.25, 0.3) is 0 Å². The van der Waals surface area contributed by atoms with Crippen molar-refractivity contribution in [2.45, 2.75) is 12.3 Å². The van der Waals surface area contributed by atoms with Crippen molar-refractivity contribution in [2.24, 2.45) is 0 Å². The molecule has 0 aliphatic carbocycles. The number of aromatic hydroxyl groups is 5. The summed E-state index contributed by atoms with van der Waals surface area (Å²) in [7, 11) is 1.45. The second-order valence-electron chi connectivity index (χ2n) is 5.35. The van der Waals surface area contributed by atoms with Crippen LogP contribution < -0.4 is 9.47 Å². The third-order valence-corrected chi connectivity index (χ3v) is 4.00. The van der Waals surface area contributed by atoms with Gasteiger partial charge in [0.15, 0.2) is 23.0 Å². The zero-order chi connectivity index (χ0) is 16.7. The van der Waals surface area contributed by atoms with Crippen molar-refractivity contribution < 1.29 is 35.0 Å². The van der Waals surface area contributed by atoms with Crippen LogP contribution in [0.3, 0.4) is 0 Å². The van der Waals surface area contributed by atoms with Gasteiger partial charge in [0.1, 0.15) is 0 Å². The number of hydrogen-bond donors (Lipinski definition) is 5. The summed E-state index contributed by atoms with van der Waals surface area (Å²) in [5.41, 5.74) is 0.949. The normalized spacial score (nSPS) is 16.5. The average molecular weight is 320 g/mol. The number of rotatable bonds is 2. The van der Waals surface area contributed by atoms with E-state index in [1.807, 2.05) is 0 Å². The molecule has 1 unspecified atom stereocenters. The minimum atomic E-state index is -0.818. The smallest absolute Gasteiger partial charge is 0.208 e. The summed E-state index contributed by atoms with van der Waals surface area (Å²) in [6, 6.07) is 4.91. The Kier molecular flexibility index (Phi) is 3.48. The largest absolute Gasteiger partial charge is 0.504 e. The van der Waals surface area contributed by atoms with E-state index in [4.69, 9.17) is 9.47 Å². The number of fused-ring (bicyclic) bond motifs is 1. The summed E-state index contributed by atoms with van der Waals surface area (Å²) < 4.78 is 10.4. The number of hydrogen-bond acceptors (Lipinski definition) is 7. The van der Waals surface area contributed by atoms with E-state index < -0.39 is 23.0 Å². The lowest BCUT2D eigenvalue weighted by Crippen LogP contribution is -2.19. The average Bonchev–Trinajstić information content (AvgIpc) is 2.57. The molecule has 23 heavy (non-hydrogen) atoms. The molecular formula is C16H16O7. The molecule has 7 nitrogen and oxygen atoms in total.